The maximum atomic E-state index is 14.3. The minimum Gasteiger partial charge on any atom is -0.489 e. The number of rotatable bonds is 7. The number of primary amides is 1. The van der Waals surface area contributed by atoms with E-state index in [9.17, 15) is 19.1 Å². The fourth-order valence-corrected chi connectivity index (χ4v) is 6.23. The molecule has 2 aromatic carbocycles. The predicted octanol–water partition coefficient (Wildman–Crippen LogP) is 5.87. The molecule has 2 atom stereocenters. The van der Waals surface area contributed by atoms with Crippen LogP contribution in [0.5, 0.6) is 5.75 Å². The third kappa shape index (κ3) is 5.08. The van der Waals surface area contributed by atoms with Crippen LogP contribution in [0.25, 0.3) is 22.2 Å². The van der Waals surface area contributed by atoms with Crippen LogP contribution in [0, 0.1) is 18.7 Å². The van der Waals surface area contributed by atoms with Crippen LogP contribution in [0.1, 0.15) is 46.9 Å². The Labute approximate surface area is 261 Å². The van der Waals surface area contributed by atoms with Gasteiger partial charge in [0, 0.05) is 28.3 Å². The smallest absolute Gasteiger partial charge is 0.251 e. The first-order valence-electron chi connectivity index (χ1n) is 13.5. The van der Waals surface area contributed by atoms with E-state index < -0.39 is 28.6 Å². The van der Waals surface area contributed by atoms with Gasteiger partial charge in [0.15, 0.2) is 5.82 Å². The number of ether oxygens (including phenoxy) is 1. The molecule has 8 nitrogen and oxygen atoms in total. The van der Waals surface area contributed by atoms with Crippen molar-refractivity contribution in [3.05, 3.63) is 85.9 Å². The zero-order valence-electron chi connectivity index (χ0n) is 23.1. The number of aryl methyl sites for hydroxylation is 1. The summed E-state index contributed by atoms with van der Waals surface area (Å²) in [5, 5.41) is 15.6. The predicted molar refractivity (Wildman–Crippen MR) is 162 cm³/mol. The summed E-state index contributed by atoms with van der Waals surface area (Å²) in [6, 6.07) is 9.38. The van der Waals surface area contributed by atoms with Gasteiger partial charge in [-0.25, -0.2) is 9.37 Å². The van der Waals surface area contributed by atoms with Crippen LogP contribution in [-0.4, -0.2) is 40.0 Å². The van der Waals surface area contributed by atoms with Crippen molar-refractivity contribution in [1.82, 2.24) is 15.3 Å². The summed E-state index contributed by atoms with van der Waals surface area (Å²) in [6.07, 6.45) is 3.07. The summed E-state index contributed by atoms with van der Waals surface area (Å²) >= 11 is 18.6. The lowest BCUT2D eigenvalue weighted by Crippen LogP contribution is -2.44. The molecule has 1 unspecified atom stereocenters. The van der Waals surface area contributed by atoms with Crippen molar-refractivity contribution < 1.29 is 23.8 Å². The number of carbonyl (C=O) groups excluding carboxylic acids is 2. The second-order valence-electron chi connectivity index (χ2n) is 11.4. The number of benzene rings is 2. The lowest BCUT2D eigenvalue weighted by Gasteiger charge is -2.30. The molecule has 2 aliphatic rings. The molecule has 1 saturated carbocycles. The van der Waals surface area contributed by atoms with Crippen molar-refractivity contribution >= 4 is 57.5 Å². The third-order valence-electron chi connectivity index (χ3n) is 8.22. The molecule has 6 rings (SSSR count). The van der Waals surface area contributed by atoms with Gasteiger partial charge in [-0.05, 0) is 74.6 Å². The van der Waals surface area contributed by atoms with Gasteiger partial charge in [-0.1, -0.05) is 34.8 Å². The summed E-state index contributed by atoms with van der Waals surface area (Å²) < 4.78 is 20.2. The largest absolute Gasteiger partial charge is 0.489 e. The van der Waals surface area contributed by atoms with Crippen LogP contribution in [0.3, 0.4) is 0 Å². The average Bonchev–Trinajstić information content (AvgIpc) is 3.77. The number of fused-ring (bicyclic) bond motifs is 2. The number of nitrogens with one attached hydrogen (secondary N) is 1. The molecule has 2 amide bonds. The molecule has 4 N–H and O–H groups in total. The summed E-state index contributed by atoms with van der Waals surface area (Å²) in [6.45, 7) is 3.27. The van der Waals surface area contributed by atoms with Crippen molar-refractivity contribution in [2.24, 2.45) is 11.7 Å². The van der Waals surface area contributed by atoms with Crippen molar-refractivity contribution in [2.45, 2.75) is 37.7 Å². The van der Waals surface area contributed by atoms with Crippen LogP contribution in [0.4, 0.5) is 4.39 Å². The number of hydrogen-bond donors (Lipinski definition) is 3. The zero-order chi connectivity index (χ0) is 30.8. The van der Waals surface area contributed by atoms with E-state index in [0.717, 1.165) is 5.56 Å². The summed E-state index contributed by atoms with van der Waals surface area (Å²) in [5.74, 6) is -1.86. The Morgan fingerprint density at radius 1 is 1.14 bits per heavy atom. The van der Waals surface area contributed by atoms with E-state index in [-0.39, 0.29) is 46.3 Å². The fourth-order valence-electron chi connectivity index (χ4n) is 5.47. The highest BCUT2D eigenvalue weighted by Gasteiger charge is 2.50. The standard InChI is InChI=1S/C31H26Cl3FN4O4/c1-14-5-15-6-17(9-22(34)25(15)37-11-14)28(40)38-12-31(42,18-3-4-18)23-10-19-27(43-13-30(19,2)29(36)41)26(39-23)16-7-20(32)24(35)21(33)8-16/h5-11,18,42H,3-4,12-13H2,1-2H3,(H2,36,41)(H,38,40)/t30-,31?/m0/s1. The Bertz CT molecular complexity index is 1830. The van der Waals surface area contributed by atoms with Gasteiger partial charge < -0.3 is 20.9 Å². The van der Waals surface area contributed by atoms with E-state index in [0.29, 0.717) is 45.5 Å². The van der Waals surface area contributed by atoms with Gasteiger partial charge in [0.2, 0.25) is 5.91 Å². The SMILES string of the molecule is Cc1cnc2c(Cl)cc(C(=O)NCC(O)(c3cc4c(c(-c5cc(Cl)c(F)c(Cl)c5)n3)OC[C@]4(C)C(N)=O)C3CC3)cc2c1. The zero-order valence-corrected chi connectivity index (χ0v) is 25.4. The Morgan fingerprint density at radius 2 is 1.84 bits per heavy atom. The molecule has 1 aliphatic carbocycles. The first-order valence-corrected chi connectivity index (χ1v) is 14.7. The molecule has 2 aromatic heterocycles. The Morgan fingerprint density at radius 3 is 2.49 bits per heavy atom. The van der Waals surface area contributed by atoms with E-state index in [1.807, 2.05) is 13.0 Å². The molecule has 1 aliphatic heterocycles. The molecule has 222 valence electrons. The Kier molecular flexibility index (Phi) is 7.28. The highest BCUT2D eigenvalue weighted by Crippen LogP contribution is 2.50. The van der Waals surface area contributed by atoms with Gasteiger partial charge in [0.05, 0.1) is 32.8 Å². The maximum Gasteiger partial charge on any atom is 0.251 e. The fraction of sp³-hybridized carbons (Fsp3) is 0.290. The minimum atomic E-state index is -1.63. The van der Waals surface area contributed by atoms with Crippen LogP contribution in [-0.2, 0) is 15.8 Å². The summed E-state index contributed by atoms with van der Waals surface area (Å²) in [5.41, 5.74) is 5.84. The molecule has 0 bridgehead atoms. The number of aromatic nitrogens is 2. The maximum absolute atomic E-state index is 14.3. The first-order chi connectivity index (χ1) is 20.3. The molecule has 12 heteroatoms. The molecule has 0 saturated heterocycles. The molecule has 1 fully saturated rings. The van der Waals surface area contributed by atoms with Gasteiger partial charge in [-0.2, -0.15) is 0 Å². The molecule has 4 aromatic rings. The van der Waals surface area contributed by atoms with Crippen molar-refractivity contribution in [3.63, 3.8) is 0 Å². The quantitative estimate of drug-likeness (QED) is 0.216. The highest BCUT2D eigenvalue weighted by atomic mass is 35.5. The first kappa shape index (κ1) is 29.6. The number of nitrogens with two attached hydrogens (primary N) is 1. The van der Waals surface area contributed by atoms with Gasteiger partial charge in [-0.3, -0.25) is 14.6 Å². The van der Waals surface area contributed by atoms with E-state index in [1.54, 1.807) is 25.3 Å². The lowest BCUT2D eigenvalue weighted by atomic mass is 9.81. The molecular formula is C31H26Cl3FN4O4. The number of nitrogens with zero attached hydrogens (tertiary/aromatic N) is 2. The van der Waals surface area contributed by atoms with Gasteiger partial charge in [0.25, 0.3) is 5.91 Å². The number of carbonyl (C=O) groups is 2. The van der Waals surface area contributed by atoms with Crippen molar-refractivity contribution in [3.8, 4) is 17.0 Å². The molecule has 43 heavy (non-hydrogen) atoms. The van der Waals surface area contributed by atoms with E-state index in [1.165, 1.54) is 18.2 Å². The summed E-state index contributed by atoms with van der Waals surface area (Å²) in [7, 11) is 0. The van der Waals surface area contributed by atoms with Gasteiger partial charge >= 0.3 is 0 Å². The normalized spacial score (nSPS) is 19.0. The number of amides is 2. The van der Waals surface area contributed by atoms with Crippen LogP contribution >= 0.6 is 34.8 Å². The van der Waals surface area contributed by atoms with Crippen LogP contribution < -0.4 is 15.8 Å². The van der Waals surface area contributed by atoms with E-state index >= 15 is 0 Å². The molecule has 3 heterocycles. The Hall–Kier alpha value is -3.50. The summed E-state index contributed by atoms with van der Waals surface area (Å²) in [4.78, 5) is 35.1. The van der Waals surface area contributed by atoms with Crippen LogP contribution in [0.15, 0.2) is 42.6 Å². The van der Waals surface area contributed by atoms with Gasteiger partial charge in [-0.15, -0.1) is 0 Å². The van der Waals surface area contributed by atoms with Crippen molar-refractivity contribution in [1.29, 1.82) is 0 Å². The monoisotopic (exact) mass is 642 g/mol. The molecule has 0 radical (unpaired) electrons. The second-order valence-corrected chi connectivity index (χ2v) is 12.6. The molecule has 0 spiro atoms. The number of aliphatic hydroxyl groups is 1. The number of pyridine rings is 2. The Balaban J connectivity index is 1.42. The van der Waals surface area contributed by atoms with E-state index in [4.69, 9.17) is 50.3 Å². The van der Waals surface area contributed by atoms with Gasteiger partial charge in [0.1, 0.15) is 29.1 Å². The lowest BCUT2D eigenvalue weighted by molar-refractivity contribution is -0.123. The second kappa shape index (κ2) is 10.6. The average molecular weight is 644 g/mol. The topological polar surface area (TPSA) is 127 Å². The van der Waals surface area contributed by atoms with Crippen LogP contribution in [0.2, 0.25) is 15.1 Å². The highest BCUT2D eigenvalue weighted by molar-refractivity contribution is 6.36. The third-order valence-corrected chi connectivity index (χ3v) is 9.06. The minimum absolute atomic E-state index is 0.0614. The van der Waals surface area contributed by atoms with E-state index in [2.05, 4.69) is 10.3 Å². The number of hydrogen-bond acceptors (Lipinski definition) is 6. The number of halogens is 4. The molecular weight excluding hydrogens is 618 g/mol. The van der Waals surface area contributed by atoms with Crippen molar-refractivity contribution in [2.75, 3.05) is 13.2 Å².